The maximum Gasteiger partial charge on any atom is 0.130 e. The molecule has 0 spiro atoms. The van der Waals surface area contributed by atoms with Gasteiger partial charge in [-0.05, 0) is 37.5 Å². The van der Waals surface area contributed by atoms with Gasteiger partial charge in [-0.3, -0.25) is 0 Å². The molecule has 1 aliphatic rings. The van der Waals surface area contributed by atoms with Crippen molar-refractivity contribution in [3.05, 3.63) is 35.4 Å². The highest BCUT2D eigenvalue weighted by Gasteiger charge is 2.21. The Labute approximate surface area is 108 Å². The van der Waals surface area contributed by atoms with Crippen molar-refractivity contribution in [1.82, 2.24) is 0 Å². The molecule has 1 fully saturated rings. The first-order valence-corrected chi connectivity index (χ1v) is 6.14. The number of anilines is 1. The Morgan fingerprint density at radius 1 is 1.33 bits per heavy atom. The zero-order valence-electron chi connectivity index (χ0n) is 10.4. The van der Waals surface area contributed by atoms with Crippen molar-refractivity contribution in [2.75, 3.05) is 11.4 Å². The number of hydrogen-bond donors (Lipinski definition) is 0. The summed E-state index contributed by atoms with van der Waals surface area (Å²) in [6.45, 7) is 3.25. The number of rotatable bonds is 2. The molecule has 90 valence electrons. The van der Waals surface area contributed by atoms with Crippen LogP contribution in [0.25, 0.3) is 6.08 Å². The monoisotopic (exact) mass is 237 g/mol. The largest absolute Gasteiger partial charge is 0.368 e. The zero-order chi connectivity index (χ0) is 13.0. The van der Waals surface area contributed by atoms with Crippen molar-refractivity contribution in [1.29, 1.82) is 10.5 Å². The van der Waals surface area contributed by atoms with Crippen LogP contribution in [0.5, 0.6) is 0 Å². The molecule has 0 radical (unpaired) electrons. The molecule has 0 aliphatic carbocycles. The van der Waals surface area contributed by atoms with E-state index in [2.05, 4.69) is 17.9 Å². The Hall–Kier alpha value is -2.26. The lowest BCUT2D eigenvalue weighted by molar-refractivity contribution is 0.734. The predicted octanol–water partition coefficient (Wildman–Crippen LogP) is 3.11. The van der Waals surface area contributed by atoms with Gasteiger partial charge in [-0.15, -0.1) is 0 Å². The molecule has 1 saturated heterocycles. The highest BCUT2D eigenvalue weighted by molar-refractivity contribution is 5.73. The first-order valence-electron chi connectivity index (χ1n) is 6.14. The summed E-state index contributed by atoms with van der Waals surface area (Å²) in [6.07, 6.45) is 4.06. The van der Waals surface area contributed by atoms with E-state index in [9.17, 15) is 0 Å². The van der Waals surface area contributed by atoms with Crippen LogP contribution in [0, 0.1) is 22.7 Å². The Kier molecular flexibility index (Phi) is 3.65. The number of nitriles is 2. The number of para-hydroxylation sites is 1. The van der Waals surface area contributed by atoms with E-state index in [0.717, 1.165) is 17.8 Å². The first kappa shape index (κ1) is 12.2. The Bertz CT molecular complexity index is 530. The smallest absolute Gasteiger partial charge is 0.130 e. The lowest BCUT2D eigenvalue weighted by atomic mass is 10.1. The lowest BCUT2D eigenvalue weighted by Crippen LogP contribution is -2.26. The van der Waals surface area contributed by atoms with Crippen LogP contribution in [0.1, 0.15) is 25.3 Å². The maximum absolute atomic E-state index is 8.84. The van der Waals surface area contributed by atoms with Crippen LogP contribution in [0.3, 0.4) is 0 Å². The van der Waals surface area contributed by atoms with E-state index in [4.69, 9.17) is 10.5 Å². The van der Waals surface area contributed by atoms with E-state index in [1.165, 1.54) is 12.8 Å². The van der Waals surface area contributed by atoms with E-state index >= 15 is 0 Å². The van der Waals surface area contributed by atoms with E-state index in [1.54, 1.807) is 6.08 Å². The van der Waals surface area contributed by atoms with Crippen molar-refractivity contribution < 1.29 is 0 Å². The molecule has 0 amide bonds. The third kappa shape index (κ3) is 2.36. The SMILES string of the molecule is CC1CCCN1c1ccccc1C=C(C#N)C#N. The fraction of sp³-hybridized carbons (Fsp3) is 0.333. The van der Waals surface area contributed by atoms with Crippen molar-refractivity contribution in [3.63, 3.8) is 0 Å². The third-order valence-electron chi connectivity index (χ3n) is 3.34. The Morgan fingerprint density at radius 2 is 2.06 bits per heavy atom. The summed E-state index contributed by atoms with van der Waals surface area (Å²) in [5, 5.41) is 17.7. The maximum atomic E-state index is 8.84. The van der Waals surface area contributed by atoms with Crippen molar-refractivity contribution in [2.24, 2.45) is 0 Å². The highest BCUT2D eigenvalue weighted by Crippen LogP contribution is 2.29. The molecule has 1 aromatic rings. The highest BCUT2D eigenvalue weighted by atomic mass is 15.2. The molecule has 0 saturated carbocycles. The van der Waals surface area contributed by atoms with Crippen LogP contribution in [-0.4, -0.2) is 12.6 Å². The molecule has 1 unspecified atom stereocenters. The molecule has 1 heterocycles. The molecular weight excluding hydrogens is 222 g/mol. The Morgan fingerprint density at radius 3 is 2.67 bits per heavy atom. The predicted molar refractivity (Wildman–Crippen MR) is 71.7 cm³/mol. The summed E-state index contributed by atoms with van der Waals surface area (Å²) in [7, 11) is 0. The van der Waals surface area contributed by atoms with Crippen LogP contribution >= 0.6 is 0 Å². The second-order valence-electron chi connectivity index (χ2n) is 4.53. The normalized spacial score (nSPS) is 17.9. The minimum Gasteiger partial charge on any atom is -0.368 e. The van der Waals surface area contributed by atoms with Gasteiger partial charge in [0.25, 0.3) is 0 Å². The summed E-state index contributed by atoms with van der Waals surface area (Å²) >= 11 is 0. The van der Waals surface area contributed by atoms with Crippen LogP contribution in [0.2, 0.25) is 0 Å². The minimum atomic E-state index is 0.148. The van der Waals surface area contributed by atoms with Crippen LogP contribution < -0.4 is 4.90 Å². The van der Waals surface area contributed by atoms with Gasteiger partial charge in [0.05, 0.1) is 0 Å². The van der Waals surface area contributed by atoms with Crippen LogP contribution in [-0.2, 0) is 0 Å². The standard InChI is InChI=1S/C15H15N3/c1-12-5-4-8-18(12)15-7-3-2-6-14(15)9-13(10-16)11-17/h2-3,6-7,9,12H,4-5,8H2,1H3. The fourth-order valence-electron chi connectivity index (χ4n) is 2.41. The van der Waals surface area contributed by atoms with Gasteiger partial charge in [0.15, 0.2) is 0 Å². The first-order chi connectivity index (χ1) is 8.76. The summed E-state index contributed by atoms with van der Waals surface area (Å²) in [5.41, 5.74) is 2.21. The van der Waals surface area contributed by atoms with Gasteiger partial charge in [-0.25, -0.2) is 0 Å². The van der Waals surface area contributed by atoms with E-state index in [-0.39, 0.29) is 5.57 Å². The van der Waals surface area contributed by atoms with Crippen molar-refractivity contribution in [2.45, 2.75) is 25.8 Å². The second-order valence-corrected chi connectivity index (χ2v) is 4.53. The van der Waals surface area contributed by atoms with Crippen molar-refractivity contribution >= 4 is 11.8 Å². The van der Waals surface area contributed by atoms with Gasteiger partial charge in [0.2, 0.25) is 0 Å². The lowest BCUT2D eigenvalue weighted by Gasteiger charge is -2.25. The summed E-state index contributed by atoms with van der Waals surface area (Å²) in [5.74, 6) is 0. The molecule has 1 aromatic carbocycles. The van der Waals surface area contributed by atoms with Crippen molar-refractivity contribution in [3.8, 4) is 12.1 Å². The van der Waals surface area contributed by atoms with Gasteiger partial charge in [-0.2, -0.15) is 10.5 Å². The number of allylic oxidation sites excluding steroid dienone is 1. The van der Waals surface area contributed by atoms with Crippen LogP contribution in [0.4, 0.5) is 5.69 Å². The van der Waals surface area contributed by atoms with Gasteiger partial charge in [-0.1, -0.05) is 18.2 Å². The second kappa shape index (κ2) is 5.38. The third-order valence-corrected chi connectivity index (χ3v) is 3.34. The summed E-state index contributed by atoms with van der Waals surface area (Å²) < 4.78 is 0. The molecule has 2 rings (SSSR count). The molecule has 0 bridgehead atoms. The quantitative estimate of drug-likeness (QED) is 0.742. The minimum absolute atomic E-state index is 0.148. The Balaban J connectivity index is 2.41. The van der Waals surface area contributed by atoms with Gasteiger partial charge >= 0.3 is 0 Å². The fourth-order valence-corrected chi connectivity index (χ4v) is 2.41. The number of nitrogens with zero attached hydrogens (tertiary/aromatic N) is 3. The number of hydrogen-bond acceptors (Lipinski definition) is 3. The molecule has 0 aromatic heterocycles. The van der Waals surface area contributed by atoms with Gasteiger partial charge in [0, 0.05) is 18.3 Å². The summed E-state index contributed by atoms with van der Waals surface area (Å²) in [6, 6.07) is 12.3. The molecule has 1 aliphatic heterocycles. The molecule has 18 heavy (non-hydrogen) atoms. The average molecular weight is 237 g/mol. The van der Waals surface area contributed by atoms with E-state index in [1.807, 2.05) is 30.3 Å². The molecular formula is C15H15N3. The molecule has 1 atom stereocenters. The van der Waals surface area contributed by atoms with E-state index in [0.29, 0.717) is 6.04 Å². The average Bonchev–Trinajstić information content (AvgIpc) is 2.82. The van der Waals surface area contributed by atoms with E-state index < -0.39 is 0 Å². The topological polar surface area (TPSA) is 50.8 Å². The number of benzene rings is 1. The zero-order valence-corrected chi connectivity index (χ0v) is 10.4. The van der Waals surface area contributed by atoms with Gasteiger partial charge < -0.3 is 4.90 Å². The van der Waals surface area contributed by atoms with Gasteiger partial charge in [0.1, 0.15) is 17.7 Å². The molecule has 3 heteroatoms. The molecule has 3 nitrogen and oxygen atoms in total. The molecule has 0 N–H and O–H groups in total. The van der Waals surface area contributed by atoms with Crippen LogP contribution in [0.15, 0.2) is 29.8 Å². The summed E-state index contributed by atoms with van der Waals surface area (Å²) in [4.78, 5) is 2.35.